The lowest BCUT2D eigenvalue weighted by atomic mass is 10.1. The van der Waals surface area contributed by atoms with Gasteiger partial charge in [0.15, 0.2) is 0 Å². The first kappa shape index (κ1) is 16.9. The third-order valence-corrected chi connectivity index (χ3v) is 2.52. The molecule has 0 bridgehead atoms. The van der Waals surface area contributed by atoms with Crippen molar-refractivity contribution in [1.82, 2.24) is 10.6 Å². The third-order valence-electron chi connectivity index (χ3n) is 2.52. The number of halogens is 2. The minimum atomic E-state index is -0.853. The van der Waals surface area contributed by atoms with Crippen molar-refractivity contribution in [2.75, 3.05) is 18.4 Å². The molecule has 21 heavy (non-hydrogen) atoms. The van der Waals surface area contributed by atoms with Crippen LogP contribution in [0, 0.1) is 11.6 Å². The van der Waals surface area contributed by atoms with Gasteiger partial charge in [-0.2, -0.15) is 0 Å². The van der Waals surface area contributed by atoms with Gasteiger partial charge >= 0.3 is 0 Å². The van der Waals surface area contributed by atoms with E-state index in [1.165, 1.54) is 0 Å². The van der Waals surface area contributed by atoms with Crippen molar-refractivity contribution in [3.8, 4) is 0 Å². The number of carbonyl (C=O) groups excluding carboxylic acids is 2. The predicted molar refractivity (Wildman–Crippen MR) is 76.1 cm³/mol. The van der Waals surface area contributed by atoms with E-state index in [0.717, 1.165) is 12.1 Å². The molecule has 0 aliphatic rings. The summed E-state index contributed by atoms with van der Waals surface area (Å²) in [5, 5.41) is 7.43. The molecule has 7 heteroatoms. The number of carbonyl (C=O) groups is 2. The first-order valence-corrected chi connectivity index (χ1v) is 6.65. The Labute approximate surface area is 122 Å². The lowest BCUT2D eigenvalue weighted by molar-refractivity contribution is -0.120. The molecule has 116 valence electrons. The van der Waals surface area contributed by atoms with Crippen LogP contribution in [-0.2, 0) is 4.79 Å². The van der Waals surface area contributed by atoms with E-state index in [4.69, 9.17) is 0 Å². The fourth-order valence-corrected chi connectivity index (χ4v) is 1.69. The van der Waals surface area contributed by atoms with Crippen LogP contribution >= 0.6 is 0 Å². The Balaban J connectivity index is 2.73. The van der Waals surface area contributed by atoms with Crippen molar-refractivity contribution in [3.05, 3.63) is 29.3 Å². The van der Waals surface area contributed by atoms with Crippen LogP contribution in [0.5, 0.6) is 0 Å². The van der Waals surface area contributed by atoms with Gasteiger partial charge in [0.1, 0.15) is 17.3 Å². The predicted octanol–water partition coefficient (Wildman–Crippen LogP) is 1.65. The quantitative estimate of drug-likeness (QED) is 0.748. The fourth-order valence-electron chi connectivity index (χ4n) is 1.69. The number of rotatable bonds is 6. The number of nitrogens with one attached hydrogen (secondary N) is 3. The zero-order valence-electron chi connectivity index (χ0n) is 12.2. The molecule has 0 unspecified atom stereocenters. The van der Waals surface area contributed by atoms with Crippen LogP contribution in [0.1, 0.15) is 31.1 Å². The summed E-state index contributed by atoms with van der Waals surface area (Å²) >= 11 is 0. The Morgan fingerprint density at radius 3 is 2.24 bits per heavy atom. The van der Waals surface area contributed by atoms with Gasteiger partial charge in [-0.05, 0) is 32.9 Å². The Bertz CT molecular complexity index is 510. The molecule has 0 aromatic heterocycles. The summed E-state index contributed by atoms with van der Waals surface area (Å²) in [6.07, 6.45) is 0. The minimum Gasteiger partial charge on any atom is -0.381 e. The standard InChI is InChI=1S/C14H19F2N3O2/c1-4-17-13-10(15)5-9(6-11(13)16)14(21)18-7-12(20)19-8(2)3/h5-6,8,17H,4,7H2,1-3H3,(H,18,21)(H,19,20). The number of anilines is 1. The van der Waals surface area contributed by atoms with Gasteiger partial charge in [0.2, 0.25) is 5.91 Å². The number of benzene rings is 1. The first-order valence-electron chi connectivity index (χ1n) is 6.65. The number of hydrogen-bond acceptors (Lipinski definition) is 3. The van der Waals surface area contributed by atoms with Crippen molar-refractivity contribution in [1.29, 1.82) is 0 Å². The Hall–Kier alpha value is -2.18. The van der Waals surface area contributed by atoms with Crippen molar-refractivity contribution in [2.24, 2.45) is 0 Å². The van der Waals surface area contributed by atoms with Crippen molar-refractivity contribution >= 4 is 17.5 Å². The maximum atomic E-state index is 13.7. The second kappa shape index (κ2) is 7.56. The summed E-state index contributed by atoms with van der Waals surface area (Å²) < 4.78 is 27.3. The van der Waals surface area contributed by atoms with Gasteiger partial charge in [-0.1, -0.05) is 0 Å². The molecule has 0 radical (unpaired) electrons. The van der Waals surface area contributed by atoms with Crippen LogP contribution in [0.15, 0.2) is 12.1 Å². The van der Waals surface area contributed by atoms with E-state index in [2.05, 4.69) is 16.0 Å². The fraction of sp³-hybridized carbons (Fsp3) is 0.429. The molecule has 0 atom stereocenters. The maximum Gasteiger partial charge on any atom is 0.251 e. The Kier molecular flexibility index (Phi) is 6.08. The highest BCUT2D eigenvalue weighted by molar-refractivity contribution is 5.96. The van der Waals surface area contributed by atoms with Crippen LogP contribution in [0.2, 0.25) is 0 Å². The molecule has 0 spiro atoms. The van der Waals surface area contributed by atoms with Crippen LogP contribution in [0.4, 0.5) is 14.5 Å². The Morgan fingerprint density at radius 2 is 1.76 bits per heavy atom. The topological polar surface area (TPSA) is 70.2 Å². The molecule has 3 N–H and O–H groups in total. The normalized spacial score (nSPS) is 10.4. The van der Waals surface area contributed by atoms with Crippen molar-refractivity contribution in [3.63, 3.8) is 0 Å². The van der Waals surface area contributed by atoms with E-state index in [1.54, 1.807) is 20.8 Å². The van der Waals surface area contributed by atoms with Crippen LogP contribution in [-0.4, -0.2) is 30.9 Å². The van der Waals surface area contributed by atoms with E-state index in [0.29, 0.717) is 6.54 Å². The Morgan fingerprint density at radius 1 is 1.19 bits per heavy atom. The average Bonchev–Trinajstić information content (AvgIpc) is 2.39. The zero-order valence-corrected chi connectivity index (χ0v) is 12.2. The van der Waals surface area contributed by atoms with E-state index >= 15 is 0 Å². The molecule has 0 fully saturated rings. The average molecular weight is 299 g/mol. The highest BCUT2D eigenvalue weighted by Gasteiger charge is 2.15. The molecular weight excluding hydrogens is 280 g/mol. The highest BCUT2D eigenvalue weighted by atomic mass is 19.1. The zero-order chi connectivity index (χ0) is 16.0. The van der Waals surface area contributed by atoms with E-state index in [-0.39, 0.29) is 29.7 Å². The maximum absolute atomic E-state index is 13.7. The van der Waals surface area contributed by atoms with Gasteiger partial charge < -0.3 is 16.0 Å². The molecule has 1 rings (SSSR count). The van der Waals surface area contributed by atoms with Gasteiger partial charge in [-0.15, -0.1) is 0 Å². The molecule has 0 heterocycles. The van der Waals surface area contributed by atoms with E-state index in [9.17, 15) is 18.4 Å². The lowest BCUT2D eigenvalue weighted by Gasteiger charge is -2.11. The van der Waals surface area contributed by atoms with Crippen LogP contribution in [0.25, 0.3) is 0 Å². The van der Waals surface area contributed by atoms with Crippen LogP contribution < -0.4 is 16.0 Å². The summed E-state index contributed by atoms with van der Waals surface area (Å²) in [6, 6.07) is 1.80. The molecule has 2 amide bonds. The molecule has 1 aromatic carbocycles. The monoisotopic (exact) mass is 299 g/mol. The van der Waals surface area contributed by atoms with Gasteiger partial charge in [-0.3, -0.25) is 9.59 Å². The third kappa shape index (κ3) is 5.02. The SMILES string of the molecule is CCNc1c(F)cc(C(=O)NCC(=O)NC(C)C)cc1F. The number of amides is 2. The molecule has 0 aliphatic carbocycles. The van der Waals surface area contributed by atoms with Gasteiger partial charge in [0.25, 0.3) is 5.91 Å². The van der Waals surface area contributed by atoms with Gasteiger partial charge in [-0.25, -0.2) is 8.78 Å². The molecule has 5 nitrogen and oxygen atoms in total. The van der Waals surface area contributed by atoms with Crippen molar-refractivity contribution in [2.45, 2.75) is 26.8 Å². The van der Waals surface area contributed by atoms with Gasteiger partial charge in [0, 0.05) is 18.2 Å². The van der Waals surface area contributed by atoms with E-state index in [1.807, 2.05) is 0 Å². The summed E-state index contributed by atoms with van der Waals surface area (Å²) in [7, 11) is 0. The molecule has 0 aliphatic heterocycles. The smallest absolute Gasteiger partial charge is 0.251 e. The van der Waals surface area contributed by atoms with E-state index < -0.39 is 17.5 Å². The molecule has 1 aromatic rings. The highest BCUT2D eigenvalue weighted by Crippen LogP contribution is 2.20. The molecular formula is C14H19F2N3O2. The van der Waals surface area contributed by atoms with Gasteiger partial charge in [0.05, 0.1) is 6.54 Å². The second-order valence-corrected chi connectivity index (χ2v) is 4.75. The molecule has 0 saturated carbocycles. The minimum absolute atomic E-state index is 0.0521. The first-order chi connectivity index (χ1) is 9.85. The van der Waals surface area contributed by atoms with Crippen LogP contribution in [0.3, 0.4) is 0 Å². The summed E-state index contributed by atoms with van der Waals surface area (Å²) in [5.41, 5.74) is -0.449. The largest absolute Gasteiger partial charge is 0.381 e. The lowest BCUT2D eigenvalue weighted by Crippen LogP contribution is -2.39. The number of hydrogen-bond donors (Lipinski definition) is 3. The molecule has 0 saturated heterocycles. The second-order valence-electron chi connectivity index (χ2n) is 4.75. The summed E-state index contributed by atoms with van der Waals surface area (Å²) in [5.74, 6) is -2.79. The summed E-state index contributed by atoms with van der Waals surface area (Å²) in [6.45, 7) is 5.37. The summed E-state index contributed by atoms with van der Waals surface area (Å²) in [4.78, 5) is 23.1. The van der Waals surface area contributed by atoms with Crippen molar-refractivity contribution < 1.29 is 18.4 Å².